The molecule has 0 radical (unpaired) electrons. The SMILES string of the molecule is Nc1nc(OCC2CCCCC2)ncc1F. The molecule has 5 heteroatoms. The van der Waals surface area contributed by atoms with Crippen LogP contribution in [-0.2, 0) is 0 Å². The minimum atomic E-state index is -0.606. The van der Waals surface area contributed by atoms with Crippen LogP contribution in [0.1, 0.15) is 32.1 Å². The lowest BCUT2D eigenvalue weighted by Crippen LogP contribution is -2.16. The summed E-state index contributed by atoms with van der Waals surface area (Å²) in [6.07, 6.45) is 7.27. The van der Waals surface area contributed by atoms with Crippen LogP contribution in [0.2, 0.25) is 0 Å². The van der Waals surface area contributed by atoms with Gasteiger partial charge in [-0.05, 0) is 18.8 Å². The summed E-state index contributed by atoms with van der Waals surface area (Å²) in [6.45, 7) is 0.602. The summed E-state index contributed by atoms with van der Waals surface area (Å²) >= 11 is 0. The largest absolute Gasteiger partial charge is 0.463 e. The van der Waals surface area contributed by atoms with E-state index in [-0.39, 0.29) is 11.8 Å². The number of hydrogen-bond donors (Lipinski definition) is 1. The highest BCUT2D eigenvalue weighted by molar-refractivity contribution is 5.28. The van der Waals surface area contributed by atoms with E-state index >= 15 is 0 Å². The lowest BCUT2D eigenvalue weighted by atomic mass is 9.90. The zero-order valence-electron chi connectivity index (χ0n) is 9.16. The van der Waals surface area contributed by atoms with Crippen LogP contribution in [0.4, 0.5) is 10.2 Å². The van der Waals surface area contributed by atoms with Gasteiger partial charge in [-0.15, -0.1) is 0 Å². The molecule has 2 N–H and O–H groups in total. The molecule has 16 heavy (non-hydrogen) atoms. The van der Waals surface area contributed by atoms with Gasteiger partial charge in [0.25, 0.3) is 0 Å². The lowest BCUT2D eigenvalue weighted by Gasteiger charge is -2.20. The molecule has 1 aromatic heterocycles. The van der Waals surface area contributed by atoms with Crippen LogP contribution < -0.4 is 10.5 Å². The second-order valence-electron chi connectivity index (χ2n) is 4.20. The Labute approximate surface area is 94.0 Å². The fraction of sp³-hybridized carbons (Fsp3) is 0.636. The molecule has 0 saturated heterocycles. The first-order chi connectivity index (χ1) is 7.75. The second kappa shape index (κ2) is 5.09. The van der Waals surface area contributed by atoms with Crippen LogP contribution in [0.25, 0.3) is 0 Å². The highest BCUT2D eigenvalue weighted by Crippen LogP contribution is 2.24. The van der Waals surface area contributed by atoms with Gasteiger partial charge >= 0.3 is 6.01 Å². The minimum absolute atomic E-state index is 0.159. The van der Waals surface area contributed by atoms with E-state index in [1.54, 1.807) is 0 Å². The molecule has 0 bridgehead atoms. The molecule has 88 valence electrons. The molecule has 1 aliphatic rings. The second-order valence-corrected chi connectivity index (χ2v) is 4.20. The predicted octanol–water partition coefficient (Wildman–Crippen LogP) is 2.16. The highest BCUT2D eigenvalue weighted by atomic mass is 19.1. The molecule has 4 nitrogen and oxygen atoms in total. The zero-order chi connectivity index (χ0) is 11.4. The van der Waals surface area contributed by atoms with Crippen LogP contribution >= 0.6 is 0 Å². The molecule has 0 amide bonds. The van der Waals surface area contributed by atoms with E-state index < -0.39 is 5.82 Å². The number of nitrogens with zero attached hydrogens (tertiary/aromatic N) is 2. The van der Waals surface area contributed by atoms with Gasteiger partial charge in [0.05, 0.1) is 12.8 Å². The van der Waals surface area contributed by atoms with Crippen LogP contribution in [0.3, 0.4) is 0 Å². The van der Waals surface area contributed by atoms with E-state index in [0.29, 0.717) is 12.5 Å². The van der Waals surface area contributed by atoms with Gasteiger partial charge in [-0.25, -0.2) is 9.37 Å². The van der Waals surface area contributed by atoms with E-state index in [2.05, 4.69) is 9.97 Å². The van der Waals surface area contributed by atoms with Gasteiger partial charge in [-0.1, -0.05) is 19.3 Å². The molecule has 0 atom stereocenters. The summed E-state index contributed by atoms with van der Waals surface area (Å²) in [6, 6.07) is 0.171. The molecule has 2 rings (SSSR count). The van der Waals surface area contributed by atoms with Gasteiger partial charge in [-0.2, -0.15) is 4.98 Å². The van der Waals surface area contributed by atoms with Crippen molar-refractivity contribution in [1.82, 2.24) is 9.97 Å². The number of aromatic nitrogens is 2. The third-order valence-corrected chi connectivity index (χ3v) is 2.92. The maximum absolute atomic E-state index is 12.8. The van der Waals surface area contributed by atoms with Gasteiger partial charge in [0, 0.05) is 0 Å². The first-order valence-electron chi connectivity index (χ1n) is 5.66. The average Bonchev–Trinajstić information content (AvgIpc) is 2.32. The van der Waals surface area contributed by atoms with Crippen LogP contribution in [0.5, 0.6) is 6.01 Å². The fourth-order valence-electron chi connectivity index (χ4n) is 1.98. The number of nitrogen functional groups attached to an aromatic ring is 1. The van der Waals surface area contributed by atoms with Crippen molar-refractivity contribution in [3.63, 3.8) is 0 Å². The van der Waals surface area contributed by atoms with Crippen LogP contribution in [0.15, 0.2) is 6.20 Å². The normalized spacial score (nSPS) is 17.3. The third kappa shape index (κ3) is 2.81. The number of halogens is 1. The Balaban J connectivity index is 1.86. The monoisotopic (exact) mass is 225 g/mol. The first kappa shape index (κ1) is 11.1. The van der Waals surface area contributed by atoms with Crippen LogP contribution in [0, 0.1) is 11.7 Å². The number of rotatable bonds is 3. The van der Waals surface area contributed by atoms with Crippen molar-refractivity contribution in [2.75, 3.05) is 12.3 Å². The molecule has 1 aromatic rings. The topological polar surface area (TPSA) is 61.0 Å². The molecule has 1 saturated carbocycles. The molecule has 0 aliphatic heterocycles. The zero-order valence-corrected chi connectivity index (χ0v) is 9.16. The van der Waals surface area contributed by atoms with Gasteiger partial charge in [0.2, 0.25) is 0 Å². The van der Waals surface area contributed by atoms with Crippen LogP contribution in [-0.4, -0.2) is 16.6 Å². The van der Waals surface area contributed by atoms with Crippen molar-refractivity contribution < 1.29 is 9.13 Å². The van der Waals surface area contributed by atoms with E-state index in [1.165, 1.54) is 32.1 Å². The summed E-state index contributed by atoms with van der Waals surface area (Å²) in [7, 11) is 0. The van der Waals surface area contributed by atoms with Crippen molar-refractivity contribution in [3.8, 4) is 6.01 Å². The van der Waals surface area contributed by atoms with E-state index in [0.717, 1.165) is 6.20 Å². The fourth-order valence-corrected chi connectivity index (χ4v) is 1.98. The Kier molecular flexibility index (Phi) is 3.54. The van der Waals surface area contributed by atoms with Crippen molar-refractivity contribution in [2.45, 2.75) is 32.1 Å². The van der Waals surface area contributed by atoms with Gasteiger partial charge < -0.3 is 10.5 Å². The van der Waals surface area contributed by atoms with Crippen molar-refractivity contribution in [3.05, 3.63) is 12.0 Å². The number of anilines is 1. The van der Waals surface area contributed by atoms with Crippen molar-refractivity contribution in [2.24, 2.45) is 5.92 Å². The number of hydrogen-bond acceptors (Lipinski definition) is 4. The molecule has 0 aromatic carbocycles. The molecule has 0 unspecified atom stereocenters. The quantitative estimate of drug-likeness (QED) is 0.856. The molecule has 0 spiro atoms. The Morgan fingerprint density at radius 2 is 2.12 bits per heavy atom. The molecule has 1 aliphatic carbocycles. The van der Waals surface area contributed by atoms with E-state index in [1.807, 2.05) is 0 Å². The maximum Gasteiger partial charge on any atom is 0.318 e. The first-order valence-corrected chi connectivity index (χ1v) is 5.66. The number of nitrogens with two attached hydrogens (primary N) is 1. The molecule has 1 fully saturated rings. The summed E-state index contributed by atoms with van der Waals surface area (Å²) < 4.78 is 18.2. The summed E-state index contributed by atoms with van der Waals surface area (Å²) in [5.41, 5.74) is 5.32. The summed E-state index contributed by atoms with van der Waals surface area (Å²) in [5, 5.41) is 0. The standard InChI is InChI=1S/C11H16FN3O/c12-9-6-14-11(15-10(9)13)16-7-8-4-2-1-3-5-8/h6,8H,1-5,7H2,(H2,13,14,15). The van der Waals surface area contributed by atoms with Crippen molar-refractivity contribution >= 4 is 5.82 Å². The summed E-state index contributed by atoms with van der Waals surface area (Å²) in [5.74, 6) is -0.192. The van der Waals surface area contributed by atoms with E-state index in [4.69, 9.17) is 10.5 Å². The Morgan fingerprint density at radius 3 is 2.81 bits per heavy atom. The lowest BCUT2D eigenvalue weighted by molar-refractivity contribution is 0.196. The molecular formula is C11H16FN3O. The summed E-state index contributed by atoms with van der Waals surface area (Å²) in [4.78, 5) is 7.46. The van der Waals surface area contributed by atoms with Gasteiger partial charge in [-0.3, -0.25) is 0 Å². The Hall–Kier alpha value is -1.39. The van der Waals surface area contributed by atoms with E-state index in [9.17, 15) is 4.39 Å². The smallest absolute Gasteiger partial charge is 0.318 e. The highest BCUT2D eigenvalue weighted by Gasteiger charge is 2.14. The average molecular weight is 225 g/mol. The van der Waals surface area contributed by atoms with Gasteiger partial charge in [0.15, 0.2) is 11.6 Å². The molecule has 1 heterocycles. The Morgan fingerprint density at radius 1 is 1.38 bits per heavy atom. The third-order valence-electron chi connectivity index (χ3n) is 2.92. The van der Waals surface area contributed by atoms with Gasteiger partial charge in [0.1, 0.15) is 0 Å². The number of ether oxygens (including phenoxy) is 1. The maximum atomic E-state index is 12.8. The Bertz CT molecular complexity index is 353. The predicted molar refractivity (Wildman–Crippen MR) is 58.5 cm³/mol. The minimum Gasteiger partial charge on any atom is -0.463 e. The van der Waals surface area contributed by atoms with Crippen molar-refractivity contribution in [1.29, 1.82) is 0 Å². The molecular weight excluding hydrogens is 209 g/mol.